The number of amides is 1. The maximum absolute atomic E-state index is 12.1. The van der Waals surface area contributed by atoms with Gasteiger partial charge in [-0.3, -0.25) is 4.79 Å². The Morgan fingerprint density at radius 3 is 3.06 bits per heavy atom. The molecule has 84 valence electrons. The van der Waals surface area contributed by atoms with Crippen LogP contribution in [0.3, 0.4) is 0 Å². The monoisotopic (exact) mass is 238 g/mol. The van der Waals surface area contributed by atoms with Gasteiger partial charge in [0.2, 0.25) is 5.22 Å². The van der Waals surface area contributed by atoms with Crippen LogP contribution in [-0.2, 0) is 0 Å². The maximum atomic E-state index is 12.1. The Hall–Kier alpha value is -1.47. The quantitative estimate of drug-likeness (QED) is 0.755. The first kappa shape index (κ1) is 11.0. The van der Waals surface area contributed by atoms with Crippen molar-refractivity contribution in [1.29, 1.82) is 5.26 Å². The molecule has 1 aliphatic rings. The molecule has 0 aromatic carbocycles. The van der Waals surface area contributed by atoms with Crippen LogP contribution in [0, 0.1) is 11.3 Å². The van der Waals surface area contributed by atoms with E-state index in [4.69, 9.17) is 21.3 Å². The summed E-state index contributed by atoms with van der Waals surface area (Å²) in [5, 5.41) is 9.07. The lowest BCUT2D eigenvalue weighted by molar-refractivity contribution is 0.0670. The molecular weight excluding hydrogens is 228 g/mol. The van der Waals surface area contributed by atoms with Crippen LogP contribution in [0.4, 0.5) is 0 Å². The van der Waals surface area contributed by atoms with E-state index in [1.807, 2.05) is 0 Å². The highest BCUT2D eigenvalue weighted by Crippen LogP contribution is 2.23. The summed E-state index contributed by atoms with van der Waals surface area (Å²) >= 11 is 5.75. The van der Waals surface area contributed by atoms with Crippen molar-refractivity contribution < 1.29 is 9.21 Å². The number of carbonyl (C=O) groups is 1. The van der Waals surface area contributed by atoms with E-state index in [2.05, 4.69) is 6.07 Å². The van der Waals surface area contributed by atoms with Gasteiger partial charge in [0, 0.05) is 6.54 Å². The molecule has 0 spiro atoms. The minimum Gasteiger partial charge on any atom is -0.452 e. The van der Waals surface area contributed by atoms with Crippen LogP contribution in [0.1, 0.15) is 29.6 Å². The first-order valence-corrected chi connectivity index (χ1v) is 5.55. The van der Waals surface area contributed by atoms with Gasteiger partial charge in [0.1, 0.15) is 6.04 Å². The Balaban J connectivity index is 2.21. The fourth-order valence-electron chi connectivity index (χ4n) is 1.91. The summed E-state index contributed by atoms with van der Waals surface area (Å²) in [5.74, 6) is -0.218. The van der Waals surface area contributed by atoms with Gasteiger partial charge in [0.05, 0.1) is 17.9 Å². The van der Waals surface area contributed by atoms with E-state index in [1.165, 1.54) is 12.3 Å². The summed E-state index contributed by atoms with van der Waals surface area (Å²) in [6.45, 7) is 0.610. The second-order valence-electron chi connectivity index (χ2n) is 3.75. The van der Waals surface area contributed by atoms with Crippen molar-refractivity contribution >= 4 is 17.5 Å². The zero-order valence-electron chi connectivity index (χ0n) is 8.65. The van der Waals surface area contributed by atoms with Crippen LogP contribution < -0.4 is 0 Å². The van der Waals surface area contributed by atoms with E-state index in [-0.39, 0.29) is 17.2 Å². The molecular formula is C11H11ClN2O2. The lowest BCUT2D eigenvalue weighted by Gasteiger charge is -2.31. The minimum atomic E-state index is -0.341. The summed E-state index contributed by atoms with van der Waals surface area (Å²) < 4.78 is 4.88. The molecule has 2 rings (SSSR count). The number of hydrogen-bond acceptors (Lipinski definition) is 3. The van der Waals surface area contributed by atoms with Gasteiger partial charge in [0.15, 0.2) is 0 Å². The van der Waals surface area contributed by atoms with Crippen LogP contribution in [0.2, 0.25) is 5.22 Å². The van der Waals surface area contributed by atoms with Crippen LogP contribution in [0.5, 0.6) is 0 Å². The first-order chi connectivity index (χ1) is 7.74. The molecule has 0 bridgehead atoms. The number of halogens is 1. The predicted molar refractivity (Wildman–Crippen MR) is 58.0 cm³/mol. The Morgan fingerprint density at radius 2 is 2.44 bits per heavy atom. The van der Waals surface area contributed by atoms with Crippen LogP contribution in [-0.4, -0.2) is 23.4 Å². The highest BCUT2D eigenvalue weighted by Gasteiger charge is 2.29. The molecule has 16 heavy (non-hydrogen) atoms. The summed E-state index contributed by atoms with van der Waals surface area (Å²) in [6.07, 6.45) is 4.03. The SMILES string of the molecule is N#CC1CCCCN1C(=O)c1ccoc1Cl. The second kappa shape index (κ2) is 4.58. The van der Waals surface area contributed by atoms with Crippen molar-refractivity contribution in [3.63, 3.8) is 0 Å². The molecule has 0 radical (unpaired) electrons. The summed E-state index contributed by atoms with van der Waals surface area (Å²) in [4.78, 5) is 13.7. The Bertz CT molecular complexity index is 435. The van der Waals surface area contributed by atoms with Gasteiger partial charge in [-0.05, 0) is 36.9 Å². The highest BCUT2D eigenvalue weighted by molar-refractivity contribution is 6.32. The fraction of sp³-hybridized carbons (Fsp3) is 0.455. The molecule has 4 nitrogen and oxygen atoms in total. The van der Waals surface area contributed by atoms with Crippen molar-refractivity contribution in [3.05, 3.63) is 23.1 Å². The summed E-state index contributed by atoms with van der Waals surface area (Å²) in [7, 11) is 0. The van der Waals surface area contributed by atoms with Crippen molar-refractivity contribution in [3.8, 4) is 6.07 Å². The number of piperidine rings is 1. The Kier molecular flexibility index (Phi) is 3.16. The smallest absolute Gasteiger partial charge is 0.259 e. The van der Waals surface area contributed by atoms with Gasteiger partial charge < -0.3 is 9.32 Å². The lowest BCUT2D eigenvalue weighted by atomic mass is 10.0. The van der Waals surface area contributed by atoms with Crippen molar-refractivity contribution in [2.24, 2.45) is 0 Å². The van der Waals surface area contributed by atoms with E-state index >= 15 is 0 Å². The Labute approximate surface area is 98.4 Å². The molecule has 0 saturated carbocycles. The van der Waals surface area contributed by atoms with Gasteiger partial charge in [0.25, 0.3) is 5.91 Å². The maximum Gasteiger partial charge on any atom is 0.259 e. The third kappa shape index (κ3) is 1.91. The number of nitriles is 1. The van der Waals surface area contributed by atoms with Gasteiger partial charge in [-0.15, -0.1) is 0 Å². The van der Waals surface area contributed by atoms with E-state index in [0.717, 1.165) is 19.3 Å². The summed E-state index contributed by atoms with van der Waals surface area (Å²) in [5.41, 5.74) is 0.337. The average Bonchev–Trinajstić information content (AvgIpc) is 2.74. The average molecular weight is 239 g/mol. The molecule has 0 aliphatic carbocycles. The third-order valence-corrected chi connectivity index (χ3v) is 3.05. The number of furan rings is 1. The number of carbonyl (C=O) groups excluding carboxylic acids is 1. The number of nitrogens with zero attached hydrogens (tertiary/aromatic N) is 2. The van der Waals surface area contributed by atoms with Crippen molar-refractivity contribution in [2.75, 3.05) is 6.54 Å². The van der Waals surface area contributed by atoms with Gasteiger partial charge >= 0.3 is 0 Å². The molecule has 1 amide bonds. The van der Waals surface area contributed by atoms with Gasteiger partial charge in [-0.2, -0.15) is 5.26 Å². The second-order valence-corrected chi connectivity index (χ2v) is 4.09. The van der Waals surface area contributed by atoms with Crippen LogP contribution >= 0.6 is 11.6 Å². The molecule has 1 aromatic heterocycles. The number of hydrogen-bond donors (Lipinski definition) is 0. The van der Waals surface area contributed by atoms with E-state index in [9.17, 15) is 4.79 Å². The predicted octanol–water partition coefficient (Wildman–Crippen LogP) is 2.45. The minimum absolute atomic E-state index is 0.0901. The molecule has 0 N–H and O–H groups in total. The molecule has 1 aromatic rings. The third-order valence-electron chi connectivity index (χ3n) is 2.76. The lowest BCUT2D eigenvalue weighted by Crippen LogP contribution is -2.42. The van der Waals surface area contributed by atoms with Gasteiger partial charge in [-0.1, -0.05) is 0 Å². The molecule has 1 aliphatic heterocycles. The first-order valence-electron chi connectivity index (χ1n) is 5.17. The normalized spacial score (nSPS) is 20.5. The molecule has 1 fully saturated rings. The van der Waals surface area contributed by atoms with E-state index in [1.54, 1.807) is 4.90 Å². The standard InChI is InChI=1S/C11H11ClN2O2/c12-10-9(4-6-16-10)11(15)14-5-2-1-3-8(14)7-13/h4,6,8H,1-3,5H2. The molecule has 1 saturated heterocycles. The largest absolute Gasteiger partial charge is 0.452 e. The van der Waals surface area contributed by atoms with E-state index < -0.39 is 0 Å². The Morgan fingerprint density at radius 1 is 1.62 bits per heavy atom. The number of rotatable bonds is 1. The number of likely N-dealkylation sites (tertiary alicyclic amines) is 1. The highest BCUT2D eigenvalue weighted by atomic mass is 35.5. The van der Waals surface area contributed by atoms with Gasteiger partial charge in [-0.25, -0.2) is 0 Å². The zero-order valence-corrected chi connectivity index (χ0v) is 9.41. The molecule has 1 atom stereocenters. The van der Waals surface area contributed by atoms with E-state index in [0.29, 0.717) is 12.1 Å². The van der Waals surface area contributed by atoms with Crippen molar-refractivity contribution in [1.82, 2.24) is 4.90 Å². The molecule has 1 unspecified atom stereocenters. The topological polar surface area (TPSA) is 57.2 Å². The zero-order chi connectivity index (χ0) is 11.5. The molecule has 2 heterocycles. The fourth-order valence-corrected chi connectivity index (χ4v) is 2.10. The van der Waals surface area contributed by atoms with Crippen LogP contribution in [0.15, 0.2) is 16.7 Å². The van der Waals surface area contributed by atoms with Crippen molar-refractivity contribution in [2.45, 2.75) is 25.3 Å². The van der Waals surface area contributed by atoms with Crippen LogP contribution in [0.25, 0.3) is 0 Å². The molecule has 5 heteroatoms. The summed E-state index contributed by atoms with van der Waals surface area (Å²) in [6, 6.07) is 3.34.